The van der Waals surface area contributed by atoms with Crippen LogP contribution in [0.15, 0.2) is 18.2 Å². The van der Waals surface area contributed by atoms with Crippen molar-refractivity contribution in [3.05, 3.63) is 33.8 Å². The molecule has 0 saturated carbocycles. The number of carbonyl (C=O) groups is 1. The van der Waals surface area contributed by atoms with Crippen molar-refractivity contribution in [3.63, 3.8) is 0 Å². The molecule has 5 heteroatoms. The van der Waals surface area contributed by atoms with Crippen LogP contribution in [-0.4, -0.2) is 17.9 Å². The van der Waals surface area contributed by atoms with Crippen LogP contribution in [0.25, 0.3) is 10.6 Å². The molecule has 0 bridgehead atoms. The van der Waals surface area contributed by atoms with Crippen LogP contribution >= 0.6 is 22.9 Å². The summed E-state index contributed by atoms with van der Waals surface area (Å²) in [6.45, 7) is 0. The van der Waals surface area contributed by atoms with Crippen LogP contribution in [-0.2, 0) is 6.42 Å². The molecular weight excluding hydrogens is 282 g/mol. The lowest BCUT2D eigenvalue weighted by atomic mass is 10.0. The Morgan fingerprint density at radius 3 is 2.89 bits per heavy atom. The predicted molar refractivity (Wildman–Crippen MR) is 76.4 cm³/mol. The number of ketones is 1. The zero-order valence-corrected chi connectivity index (χ0v) is 12.0. The summed E-state index contributed by atoms with van der Waals surface area (Å²) in [7, 11) is 1.58. The Kier molecular flexibility index (Phi) is 3.29. The van der Waals surface area contributed by atoms with Crippen molar-refractivity contribution in [1.82, 2.24) is 4.98 Å². The highest BCUT2D eigenvalue weighted by Crippen LogP contribution is 2.35. The summed E-state index contributed by atoms with van der Waals surface area (Å²) in [5.41, 5.74) is 1.58. The number of aromatic nitrogens is 1. The molecule has 3 nitrogen and oxygen atoms in total. The zero-order valence-electron chi connectivity index (χ0n) is 10.4. The molecule has 1 aromatic heterocycles. The molecule has 1 aliphatic rings. The number of methoxy groups -OCH3 is 1. The summed E-state index contributed by atoms with van der Waals surface area (Å²) >= 11 is 7.70. The Labute approximate surface area is 120 Å². The van der Waals surface area contributed by atoms with Crippen LogP contribution in [0.3, 0.4) is 0 Å². The molecule has 0 unspecified atom stereocenters. The van der Waals surface area contributed by atoms with Gasteiger partial charge >= 0.3 is 0 Å². The molecule has 0 atom stereocenters. The highest BCUT2D eigenvalue weighted by molar-refractivity contribution is 7.15. The quantitative estimate of drug-likeness (QED) is 0.840. The molecule has 1 heterocycles. The highest BCUT2D eigenvalue weighted by Gasteiger charge is 2.22. The van der Waals surface area contributed by atoms with Gasteiger partial charge in [0.25, 0.3) is 0 Å². The Hall–Kier alpha value is -1.39. The smallest absolute Gasteiger partial charge is 0.182 e. The summed E-state index contributed by atoms with van der Waals surface area (Å²) in [6.07, 6.45) is 2.49. The van der Waals surface area contributed by atoms with Gasteiger partial charge in [-0.05, 0) is 31.0 Å². The van der Waals surface area contributed by atoms with Gasteiger partial charge in [-0.25, -0.2) is 4.98 Å². The molecular formula is C14H12ClNO2S. The zero-order chi connectivity index (χ0) is 13.4. The summed E-state index contributed by atoms with van der Waals surface area (Å²) < 4.78 is 5.13. The number of nitrogens with zero attached hydrogens (tertiary/aromatic N) is 1. The number of rotatable bonds is 2. The average Bonchev–Trinajstić information content (AvgIpc) is 2.84. The Morgan fingerprint density at radius 2 is 2.21 bits per heavy atom. The SMILES string of the molecule is COc1ccc(-c2nc3c(s2)CCCC3=O)cc1Cl. The molecule has 1 aromatic carbocycles. The van der Waals surface area contributed by atoms with Gasteiger partial charge in [0.2, 0.25) is 0 Å². The third kappa shape index (κ3) is 2.26. The van der Waals surface area contributed by atoms with Crippen LogP contribution < -0.4 is 4.74 Å². The van der Waals surface area contributed by atoms with Gasteiger partial charge in [-0.1, -0.05) is 11.6 Å². The molecule has 3 rings (SSSR count). The second kappa shape index (κ2) is 4.94. The minimum atomic E-state index is 0.156. The van der Waals surface area contributed by atoms with E-state index in [2.05, 4.69) is 4.98 Å². The number of aryl methyl sites for hydroxylation is 1. The minimum Gasteiger partial charge on any atom is -0.495 e. The van der Waals surface area contributed by atoms with Gasteiger partial charge < -0.3 is 4.74 Å². The van der Waals surface area contributed by atoms with Crippen molar-refractivity contribution in [2.45, 2.75) is 19.3 Å². The molecule has 0 fully saturated rings. The van der Waals surface area contributed by atoms with E-state index >= 15 is 0 Å². The van der Waals surface area contributed by atoms with E-state index in [-0.39, 0.29) is 5.78 Å². The molecule has 0 spiro atoms. The number of Topliss-reactive ketones (excluding diaryl/α,β-unsaturated/α-hetero) is 1. The fourth-order valence-corrected chi connectivity index (χ4v) is 3.57. The maximum absolute atomic E-state index is 11.8. The summed E-state index contributed by atoms with van der Waals surface area (Å²) in [5, 5.41) is 1.41. The van der Waals surface area contributed by atoms with E-state index in [1.165, 1.54) is 0 Å². The number of ether oxygens (including phenoxy) is 1. The number of thiazole rings is 1. The van der Waals surface area contributed by atoms with E-state index < -0.39 is 0 Å². The number of carbonyl (C=O) groups excluding carboxylic acids is 1. The number of benzene rings is 1. The minimum absolute atomic E-state index is 0.156. The van der Waals surface area contributed by atoms with E-state index in [9.17, 15) is 4.79 Å². The van der Waals surface area contributed by atoms with Gasteiger partial charge in [0.05, 0.1) is 12.1 Å². The standard InChI is InChI=1S/C14H12ClNO2S/c1-18-11-6-5-8(7-9(11)15)14-16-13-10(17)3-2-4-12(13)19-14/h5-7H,2-4H2,1H3. The van der Waals surface area contributed by atoms with Gasteiger partial charge in [0, 0.05) is 16.9 Å². The second-order valence-electron chi connectivity index (χ2n) is 4.42. The fourth-order valence-electron chi connectivity index (χ4n) is 2.19. The third-order valence-electron chi connectivity index (χ3n) is 3.17. The first-order valence-electron chi connectivity index (χ1n) is 6.06. The van der Waals surface area contributed by atoms with Crippen LogP contribution in [0, 0.1) is 0 Å². The predicted octanol–water partition coefficient (Wildman–Crippen LogP) is 3.99. The van der Waals surface area contributed by atoms with Crippen LogP contribution in [0.5, 0.6) is 5.75 Å². The van der Waals surface area contributed by atoms with Gasteiger partial charge in [0.1, 0.15) is 16.5 Å². The van der Waals surface area contributed by atoms with Gasteiger partial charge in [-0.2, -0.15) is 0 Å². The maximum Gasteiger partial charge on any atom is 0.182 e. The summed E-state index contributed by atoms with van der Waals surface area (Å²) in [5.74, 6) is 0.797. The van der Waals surface area contributed by atoms with Crippen molar-refractivity contribution in [3.8, 4) is 16.3 Å². The molecule has 2 aromatic rings. The molecule has 0 N–H and O–H groups in total. The first-order chi connectivity index (χ1) is 9.19. The van der Waals surface area contributed by atoms with Crippen LogP contribution in [0.4, 0.5) is 0 Å². The Balaban J connectivity index is 2.03. The van der Waals surface area contributed by atoms with Gasteiger partial charge in [0.15, 0.2) is 5.78 Å². The number of hydrogen-bond acceptors (Lipinski definition) is 4. The van der Waals surface area contributed by atoms with Crippen molar-refractivity contribution in [2.24, 2.45) is 0 Å². The Morgan fingerprint density at radius 1 is 1.37 bits per heavy atom. The van der Waals surface area contributed by atoms with Gasteiger partial charge in [-0.3, -0.25) is 4.79 Å². The molecule has 19 heavy (non-hydrogen) atoms. The lowest BCUT2D eigenvalue weighted by Crippen LogP contribution is -2.08. The fraction of sp³-hybridized carbons (Fsp3) is 0.286. The Bertz CT molecular complexity index is 651. The van der Waals surface area contributed by atoms with Crippen LogP contribution in [0.2, 0.25) is 5.02 Å². The summed E-state index contributed by atoms with van der Waals surface area (Å²) in [6, 6.07) is 5.56. The molecule has 98 valence electrons. The molecule has 0 aliphatic heterocycles. The number of halogens is 1. The first kappa shape index (κ1) is 12.6. The number of hydrogen-bond donors (Lipinski definition) is 0. The molecule has 0 amide bonds. The third-order valence-corrected chi connectivity index (χ3v) is 4.63. The number of fused-ring (bicyclic) bond motifs is 1. The maximum atomic E-state index is 11.8. The van der Waals surface area contributed by atoms with Crippen molar-refractivity contribution < 1.29 is 9.53 Å². The van der Waals surface area contributed by atoms with Crippen molar-refractivity contribution >= 4 is 28.7 Å². The summed E-state index contributed by atoms with van der Waals surface area (Å²) in [4.78, 5) is 17.4. The van der Waals surface area contributed by atoms with E-state index in [4.69, 9.17) is 16.3 Å². The van der Waals surface area contributed by atoms with E-state index in [0.717, 1.165) is 28.3 Å². The van der Waals surface area contributed by atoms with E-state index in [1.807, 2.05) is 18.2 Å². The van der Waals surface area contributed by atoms with E-state index in [0.29, 0.717) is 22.9 Å². The lowest BCUT2D eigenvalue weighted by molar-refractivity contribution is 0.0968. The normalized spacial score (nSPS) is 14.3. The average molecular weight is 294 g/mol. The van der Waals surface area contributed by atoms with Crippen LogP contribution in [0.1, 0.15) is 28.2 Å². The molecule has 0 radical (unpaired) electrons. The highest BCUT2D eigenvalue weighted by atomic mass is 35.5. The lowest BCUT2D eigenvalue weighted by Gasteiger charge is -2.06. The second-order valence-corrected chi connectivity index (χ2v) is 5.91. The molecule has 0 saturated heterocycles. The van der Waals surface area contributed by atoms with E-state index in [1.54, 1.807) is 18.4 Å². The van der Waals surface area contributed by atoms with Crippen molar-refractivity contribution in [2.75, 3.05) is 7.11 Å². The molecule has 1 aliphatic carbocycles. The topological polar surface area (TPSA) is 39.2 Å². The van der Waals surface area contributed by atoms with Crippen molar-refractivity contribution in [1.29, 1.82) is 0 Å². The van der Waals surface area contributed by atoms with Gasteiger partial charge in [-0.15, -0.1) is 11.3 Å². The monoisotopic (exact) mass is 293 g/mol. The first-order valence-corrected chi connectivity index (χ1v) is 7.25. The largest absolute Gasteiger partial charge is 0.495 e.